The summed E-state index contributed by atoms with van der Waals surface area (Å²) >= 11 is 1.10. The third kappa shape index (κ3) is 2.51. The van der Waals surface area contributed by atoms with Crippen LogP contribution in [0.4, 0.5) is 5.13 Å². The van der Waals surface area contributed by atoms with Crippen LogP contribution in [-0.4, -0.2) is 34.7 Å². The molecule has 0 fully saturated rings. The van der Waals surface area contributed by atoms with Crippen molar-refractivity contribution in [2.24, 2.45) is 0 Å². The molecule has 0 spiro atoms. The molecule has 0 aromatic carbocycles. The van der Waals surface area contributed by atoms with E-state index >= 15 is 0 Å². The van der Waals surface area contributed by atoms with Crippen LogP contribution in [0.2, 0.25) is 0 Å². The summed E-state index contributed by atoms with van der Waals surface area (Å²) in [5, 5.41) is 17.1. The van der Waals surface area contributed by atoms with Gasteiger partial charge in [0.05, 0.1) is 0 Å². The maximum Gasteiger partial charge on any atom is 0.352 e. The Labute approximate surface area is 118 Å². The van der Waals surface area contributed by atoms with E-state index in [1.54, 1.807) is 6.92 Å². The number of aromatic carboxylic acids is 1. The zero-order valence-corrected chi connectivity index (χ0v) is 12.5. The van der Waals surface area contributed by atoms with Gasteiger partial charge in [-0.25, -0.2) is 13.2 Å². The van der Waals surface area contributed by atoms with Crippen LogP contribution in [0.1, 0.15) is 26.8 Å². The largest absolute Gasteiger partial charge is 0.477 e. The van der Waals surface area contributed by atoms with Gasteiger partial charge < -0.3 is 10.1 Å². The number of aromatic nitrogens is 3. The Kier molecular flexibility index (Phi) is 3.52. The summed E-state index contributed by atoms with van der Waals surface area (Å²) in [6, 6.07) is 0. The minimum atomic E-state index is -3.91. The first-order valence-electron chi connectivity index (χ1n) is 5.47. The monoisotopic (exact) mass is 316 g/mol. The number of nitrogens with one attached hydrogen (secondary N) is 2. The molecule has 0 aliphatic rings. The third-order valence-corrected chi connectivity index (χ3v) is 5.09. The predicted octanol–water partition coefficient (Wildman–Crippen LogP) is 1.29. The SMILES string of the molecule is Cc1nnc(NS(=O)(=O)c2c(C)[nH]c(C(=O)O)c2C)s1. The molecule has 0 unspecified atom stereocenters. The molecule has 0 saturated heterocycles. The fraction of sp³-hybridized carbons (Fsp3) is 0.300. The molecule has 8 nitrogen and oxygen atoms in total. The molecular formula is C10H12N4O4S2. The number of anilines is 1. The Hall–Kier alpha value is -1.94. The van der Waals surface area contributed by atoms with Gasteiger partial charge in [0, 0.05) is 11.3 Å². The Morgan fingerprint density at radius 1 is 1.30 bits per heavy atom. The first-order valence-corrected chi connectivity index (χ1v) is 7.77. The number of aromatic amines is 1. The van der Waals surface area contributed by atoms with Crippen LogP contribution >= 0.6 is 11.3 Å². The molecule has 0 bridgehead atoms. The highest BCUT2D eigenvalue weighted by Gasteiger charge is 2.27. The van der Waals surface area contributed by atoms with Crippen molar-refractivity contribution in [3.63, 3.8) is 0 Å². The van der Waals surface area contributed by atoms with Gasteiger partial charge >= 0.3 is 5.97 Å². The van der Waals surface area contributed by atoms with Crippen LogP contribution < -0.4 is 4.72 Å². The molecule has 2 rings (SSSR count). The fourth-order valence-corrected chi connectivity index (χ4v) is 4.12. The summed E-state index contributed by atoms with van der Waals surface area (Å²) in [6.07, 6.45) is 0. The van der Waals surface area contributed by atoms with E-state index in [0.29, 0.717) is 5.01 Å². The molecule has 20 heavy (non-hydrogen) atoms. The molecule has 2 aromatic rings. The van der Waals surface area contributed by atoms with Crippen LogP contribution in [0.3, 0.4) is 0 Å². The first-order chi connectivity index (χ1) is 9.22. The van der Waals surface area contributed by atoms with Crippen molar-refractivity contribution in [1.82, 2.24) is 15.2 Å². The maximum absolute atomic E-state index is 12.3. The van der Waals surface area contributed by atoms with E-state index in [0.717, 1.165) is 11.3 Å². The van der Waals surface area contributed by atoms with Gasteiger partial charge in [0.2, 0.25) is 5.13 Å². The molecular weight excluding hydrogens is 304 g/mol. The Morgan fingerprint density at radius 2 is 1.95 bits per heavy atom. The third-order valence-electron chi connectivity index (χ3n) is 2.60. The predicted molar refractivity (Wildman–Crippen MR) is 72.7 cm³/mol. The topological polar surface area (TPSA) is 125 Å². The summed E-state index contributed by atoms with van der Waals surface area (Å²) in [5.74, 6) is -1.21. The van der Waals surface area contributed by atoms with Crippen molar-refractivity contribution >= 4 is 32.5 Å². The lowest BCUT2D eigenvalue weighted by Gasteiger charge is -2.05. The van der Waals surface area contributed by atoms with E-state index in [1.807, 2.05) is 0 Å². The van der Waals surface area contributed by atoms with Crippen molar-refractivity contribution in [1.29, 1.82) is 0 Å². The molecule has 0 radical (unpaired) electrons. The van der Waals surface area contributed by atoms with Crippen LogP contribution in [0, 0.1) is 20.8 Å². The van der Waals surface area contributed by atoms with Gasteiger partial charge in [0.1, 0.15) is 15.6 Å². The second-order valence-corrected chi connectivity index (χ2v) is 6.92. The molecule has 0 atom stereocenters. The number of hydrogen-bond donors (Lipinski definition) is 3. The smallest absolute Gasteiger partial charge is 0.352 e. The van der Waals surface area contributed by atoms with Gasteiger partial charge in [-0.3, -0.25) is 4.72 Å². The lowest BCUT2D eigenvalue weighted by atomic mass is 10.2. The molecule has 2 heterocycles. The van der Waals surface area contributed by atoms with E-state index < -0.39 is 16.0 Å². The highest BCUT2D eigenvalue weighted by atomic mass is 32.2. The van der Waals surface area contributed by atoms with E-state index in [9.17, 15) is 13.2 Å². The van der Waals surface area contributed by atoms with E-state index in [-0.39, 0.29) is 27.0 Å². The molecule has 0 aliphatic carbocycles. The van der Waals surface area contributed by atoms with Gasteiger partial charge in [0.15, 0.2) is 0 Å². The van der Waals surface area contributed by atoms with Gasteiger partial charge in [-0.1, -0.05) is 11.3 Å². The maximum atomic E-state index is 12.3. The minimum absolute atomic E-state index is 0.0808. The number of hydrogen-bond acceptors (Lipinski definition) is 6. The Morgan fingerprint density at radius 3 is 2.40 bits per heavy atom. The normalized spacial score (nSPS) is 11.6. The molecule has 0 amide bonds. The average Bonchev–Trinajstić information content (AvgIpc) is 2.82. The van der Waals surface area contributed by atoms with Crippen molar-refractivity contribution in [2.45, 2.75) is 25.7 Å². The van der Waals surface area contributed by atoms with Crippen LogP contribution in [-0.2, 0) is 10.0 Å². The van der Waals surface area contributed by atoms with E-state index in [4.69, 9.17) is 5.11 Å². The lowest BCUT2D eigenvalue weighted by Crippen LogP contribution is -2.14. The number of nitrogens with zero attached hydrogens (tertiary/aromatic N) is 2. The minimum Gasteiger partial charge on any atom is -0.477 e. The van der Waals surface area contributed by atoms with Gasteiger partial charge in [-0.2, -0.15) is 0 Å². The molecule has 0 aliphatic heterocycles. The van der Waals surface area contributed by atoms with Crippen molar-refractivity contribution in [3.05, 3.63) is 22.0 Å². The highest BCUT2D eigenvalue weighted by Crippen LogP contribution is 2.26. The van der Waals surface area contributed by atoms with Crippen molar-refractivity contribution in [3.8, 4) is 0 Å². The number of carboxylic acids is 1. The molecule has 2 aromatic heterocycles. The standard InChI is InChI=1S/C10H12N4O4S2/c1-4-7(9(15)16)11-5(2)8(4)20(17,18)14-10-13-12-6(3)19-10/h11H,1-3H3,(H,13,14)(H,15,16). The molecule has 10 heteroatoms. The highest BCUT2D eigenvalue weighted by molar-refractivity contribution is 7.93. The van der Waals surface area contributed by atoms with E-state index in [2.05, 4.69) is 19.9 Å². The zero-order chi connectivity index (χ0) is 15.1. The summed E-state index contributed by atoms with van der Waals surface area (Å²) in [5.41, 5.74) is 0.272. The number of sulfonamides is 1. The quantitative estimate of drug-likeness (QED) is 0.780. The van der Waals surface area contributed by atoms with Gasteiger partial charge in [-0.15, -0.1) is 10.2 Å². The fourth-order valence-electron chi connectivity index (χ4n) is 1.85. The van der Waals surface area contributed by atoms with Crippen LogP contribution in [0.5, 0.6) is 0 Å². The Bertz CT molecular complexity index is 775. The number of rotatable bonds is 4. The molecule has 108 valence electrons. The first kappa shape index (κ1) is 14.5. The van der Waals surface area contributed by atoms with Gasteiger partial charge in [-0.05, 0) is 20.8 Å². The second kappa shape index (κ2) is 4.87. The number of H-pyrrole nitrogens is 1. The second-order valence-electron chi connectivity index (χ2n) is 4.12. The summed E-state index contributed by atoms with van der Waals surface area (Å²) in [4.78, 5) is 13.5. The van der Waals surface area contributed by atoms with Crippen molar-refractivity contribution < 1.29 is 18.3 Å². The van der Waals surface area contributed by atoms with Crippen molar-refractivity contribution in [2.75, 3.05) is 4.72 Å². The summed E-state index contributed by atoms with van der Waals surface area (Å²) < 4.78 is 26.9. The van der Waals surface area contributed by atoms with Gasteiger partial charge in [0.25, 0.3) is 10.0 Å². The molecule has 0 saturated carbocycles. The Balaban J connectivity index is 2.47. The lowest BCUT2D eigenvalue weighted by molar-refractivity contribution is 0.0690. The summed E-state index contributed by atoms with van der Waals surface area (Å²) in [7, 11) is -3.91. The molecule has 3 N–H and O–H groups in total. The number of carbonyl (C=O) groups is 1. The van der Waals surface area contributed by atoms with Crippen LogP contribution in [0.25, 0.3) is 0 Å². The zero-order valence-electron chi connectivity index (χ0n) is 10.9. The summed E-state index contributed by atoms with van der Waals surface area (Å²) in [6.45, 7) is 4.64. The average molecular weight is 316 g/mol. The van der Waals surface area contributed by atoms with Crippen LogP contribution in [0.15, 0.2) is 4.90 Å². The van der Waals surface area contributed by atoms with E-state index in [1.165, 1.54) is 13.8 Å². The number of aryl methyl sites for hydroxylation is 2. The number of carboxylic acid groups (broad SMARTS) is 1.